The molecule has 0 atom stereocenters. The van der Waals surface area contributed by atoms with Crippen molar-refractivity contribution in [3.8, 4) is 0 Å². The molecule has 4 rings (SSSR count). The van der Waals surface area contributed by atoms with Crippen LogP contribution in [0.2, 0.25) is 0 Å². The van der Waals surface area contributed by atoms with E-state index in [1.807, 2.05) is 18.2 Å². The summed E-state index contributed by atoms with van der Waals surface area (Å²) in [5.41, 5.74) is 2.70. The number of benzene rings is 2. The minimum absolute atomic E-state index is 0.188. The molecule has 2 aromatic carbocycles. The standard InChI is InChI=1S/C24H31N3O3S/c28-24(20-11-8-12-23(17-20)31(29,30)27-15-6-7-16-27)25-18-21-9-2-3-10-22(21)19-26-13-4-1-5-14-26/h2-3,8-12,17H,1,4-7,13-16,18-19H2,(H,25,28). The van der Waals surface area contributed by atoms with Gasteiger partial charge in [-0.1, -0.05) is 36.8 Å². The van der Waals surface area contributed by atoms with Crippen LogP contribution in [0.1, 0.15) is 53.6 Å². The largest absolute Gasteiger partial charge is 0.348 e. The first-order valence-corrected chi connectivity index (χ1v) is 12.7. The van der Waals surface area contributed by atoms with Crippen molar-refractivity contribution in [2.24, 2.45) is 0 Å². The van der Waals surface area contributed by atoms with Crippen LogP contribution in [0.15, 0.2) is 53.4 Å². The molecule has 2 heterocycles. The first kappa shape index (κ1) is 22.0. The van der Waals surface area contributed by atoms with Gasteiger partial charge in [0.15, 0.2) is 0 Å². The van der Waals surface area contributed by atoms with Crippen molar-refractivity contribution in [2.45, 2.75) is 50.1 Å². The summed E-state index contributed by atoms with van der Waals surface area (Å²) in [5, 5.41) is 2.98. The predicted molar refractivity (Wildman–Crippen MR) is 121 cm³/mol. The molecule has 0 radical (unpaired) electrons. The van der Waals surface area contributed by atoms with Crippen LogP contribution in [-0.2, 0) is 23.1 Å². The molecule has 0 aromatic heterocycles. The zero-order valence-electron chi connectivity index (χ0n) is 17.9. The predicted octanol–water partition coefficient (Wildman–Crippen LogP) is 3.39. The topological polar surface area (TPSA) is 69.7 Å². The summed E-state index contributed by atoms with van der Waals surface area (Å²) in [6.07, 6.45) is 5.57. The highest BCUT2D eigenvalue weighted by Crippen LogP contribution is 2.22. The van der Waals surface area contributed by atoms with E-state index in [-0.39, 0.29) is 10.8 Å². The average Bonchev–Trinajstić information content (AvgIpc) is 3.35. The molecule has 2 aliphatic rings. The van der Waals surface area contributed by atoms with E-state index < -0.39 is 10.0 Å². The molecule has 166 valence electrons. The molecular formula is C24H31N3O3S. The monoisotopic (exact) mass is 441 g/mol. The number of hydrogen-bond acceptors (Lipinski definition) is 4. The number of likely N-dealkylation sites (tertiary alicyclic amines) is 1. The highest BCUT2D eigenvalue weighted by atomic mass is 32.2. The first-order chi connectivity index (χ1) is 15.0. The van der Waals surface area contributed by atoms with Gasteiger partial charge in [0.1, 0.15) is 0 Å². The van der Waals surface area contributed by atoms with Crippen LogP contribution in [0.25, 0.3) is 0 Å². The lowest BCUT2D eigenvalue weighted by Crippen LogP contribution is -2.30. The van der Waals surface area contributed by atoms with Gasteiger partial charge in [0.05, 0.1) is 4.90 Å². The molecule has 0 spiro atoms. The van der Waals surface area contributed by atoms with E-state index in [0.717, 1.165) is 38.0 Å². The van der Waals surface area contributed by atoms with Crippen molar-refractivity contribution in [1.82, 2.24) is 14.5 Å². The first-order valence-electron chi connectivity index (χ1n) is 11.2. The molecule has 31 heavy (non-hydrogen) atoms. The summed E-state index contributed by atoms with van der Waals surface area (Å²) in [4.78, 5) is 15.4. The van der Waals surface area contributed by atoms with Gasteiger partial charge in [-0.05, 0) is 68.1 Å². The second-order valence-corrected chi connectivity index (χ2v) is 10.4. The quantitative estimate of drug-likeness (QED) is 0.715. The van der Waals surface area contributed by atoms with Crippen LogP contribution in [0, 0.1) is 0 Å². The van der Waals surface area contributed by atoms with Crippen LogP contribution in [0.4, 0.5) is 0 Å². The molecular weight excluding hydrogens is 410 g/mol. The van der Waals surface area contributed by atoms with E-state index in [1.54, 1.807) is 18.2 Å². The van der Waals surface area contributed by atoms with Crippen LogP contribution < -0.4 is 5.32 Å². The Balaban J connectivity index is 1.43. The van der Waals surface area contributed by atoms with E-state index in [1.165, 1.54) is 35.2 Å². The average molecular weight is 442 g/mol. The maximum Gasteiger partial charge on any atom is 0.251 e. The lowest BCUT2D eigenvalue weighted by Gasteiger charge is -2.27. The SMILES string of the molecule is O=C(NCc1ccccc1CN1CCCCC1)c1cccc(S(=O)(=O)N2CCCC2)c1. The fraction of sp³-hybridized carbons (Fsp3) is 0.458. The second kappa shape index (κ2) is 9.94. The van der Waals surface area contributed by atoms with Crippen molar-refractivity contribution in [3.05, 3.63) is 65.2 Å². The van der Waals surface area contributed by atoms with E-state index in [9.17, 15) is 13.2 Å². The van der Waals surface area contributed by atoms with E-state index >= 15 is 0 Å². The number of rotatable bonds is 7. The molecule has 0 saturated carbocycles. The minimum Gasteiger partial charge on any atom is -0.348 e. The van der Waals surface area contributed by atoms with E-state index in [2.05, 4.69) is 16.3 Å². The number of sulfonamides is 1. The summed E-state index contributed by atoms with van der Waals surface area (Å²) < 4.78 is 27.1. The van der Waals surface area contributed by atoms with Gasteiger partial charge < -0.3 is 5.32 Å². The molecule has 1 N–H and O–H groups in total. The zero-order valence-corrected chi connectivity index (χ0v) is 18.7. The fourth-order valence-electron chi connectivity index (χ4n) is 4.40. The molecule has 2 saturated heterocycles. The van der Waals surface area contributed by atoms with Gasteiger partial charge in [-0.3, -0.25) is 9.69 Å². The van der Waals surface area contributed by atoms with Crippen LogP contribution in [0.5, 0.6) is 0 Å². The van der Waals surface area contributed by atoms with Gasteiger partial charge in [-0.2, -0.15) is 4.31 Å². The number of nitrogens with one attached hydrogen (secondary N) is 1. The second-order valence-electron chi connectivity index (χ2n) is 8.43. The number of hydrogen-bond donors (Lipinski definition) is 1. The Kier molecular flexibility index (Phi) is 7.05. The summed E-state index contributed by atoms with van der Waals surface area (Å²) in [6, 6.07) is 14.6. The van der Waals surface area contributed by atoms with Gasteiger partial charge in [0, 0.05) is 31.7 Å². The molecule has 2 aliphatic heterocycles. The maximum absolute atomic E-state index is 12.8. The summed E-state index contributed by atoms with van der Waals surface area (Å²) in [5.74, 6) is -0.258. The molecule has 2 fully saturated rings. The smallest absolute Gasteiger partial charge is 0.251 e. The molecule has 0 bridgehead atoms. The Morgan fingerprint density at radius 3 is 2.26 bits per heavy atom. The fourth-order valence-corrected chi connectivity index (χ4v) is 5.96. The third-order valence-electron chi connectivity index (χ3n) is 6.20. The third-order valence-corrected chi connectivity index (χ3v) is 8.09. The van der Waals surface area contributed by atoms with Gasteiger partial charge in [0.2, 0.25) is 10.0 Å². The number of amides is 1. The third kappa shape index (κ3) is 5.34. The molecule has 2 aromatic rings. The molecule has 7 heteroatoms. The summed E-state index contributed by atoms with van der Waals surface area (Å²) in [6.45, 7) is 4.67. The Bertz CT molecular complexity index is 1010. The van der Waals surface area contributed by atoms with Crippen molar-refractivity contribution in [1.29, 1.82) is 0 Å². The van der Waals surface area contributed by atoms with Crippen molar-refractivity contribution < 1.29 is 13.2 Å². The van der Waals surface area contributed by atoms with Crippen molar-refractivity contribution in [3.63, 3.8) is 0 Å². The Morgan fingerprint density at radius 2 is 1.52 bits per heavy atom. The Hall–Kier alpha value is -2.22. The minimum atomic E-state index is -3.54. The van der Waals surface area contributed by atoms with Gasteiger partial charge in [-0.15, -0.1) is 0 Å². The summed E-state index contributed by atoms with van der Waals surface area (Å²) >= 11 is 0. The lowest BCUT2D eigenvalue weighted by atomic mass is 10.0. The highest BCUT2D eigenvalue weighted by molar-refractivity contribution is 7.89. The van der Waals surface area contributed by atoms with Gasteiger partial charge >= 0.3 is 0 Å². The van der Waals surface area contributed by atoms with Crippen LogP contribution in [-0.4, -0.2) is 49.7 Å². The van der Waals surface area contributed by atoms with E-state index in [0.29, 0.717) is 25.2 Å². The van der Waals surface area contributed by atoms with Crippen molar-refractivity contribution in [2.75, 3.05) is 26.2 Å². The molecule has 0 unspecified atom stereocenters. The summed E-state index contributed by atoms with van der Waals surface area (Å²) in [7, 11) is -3.54. The Morgan fingerprint density at radius 1 is 0.839 bits per heavy atom. The highest BCUT2D eigenvalue weighted by Gasteiger charge is 2.27. The van der Waals surface area contributed by atoms with Crippen LogP contribution >= 0.6 is 0 Å². The number of carbonyl (C=O) groups is 1. The van der Waals surface area contributed by atoms with Gasteiger partial charge in [-0.25, -0.2) is 8.42 Å². The maximum atomic E-state index is 12.8. The molecule has 6 nitrogen and oxygen atoms in total. The molecule has 0 aliphatic carbocycles. The zero-order chi connectivity index (χ0) is 21.7. The lowest BCUT2D eigenvalue weighted by molar-refractivity contribution is 0.0950. The Labute approximate surface area is 185 Å². The number of carbonyl (C=O) groups excluding carboxylic acids is 1. The van der Waals surface area contributed by atoms with E-state index in [4.69, 9.17) is 0 Å². The number of piperidine rings is 1. The van der Waals surface area contributed by atoms with Gasteiger partial charge in [0.25, 0.3) is 5.91 Å². The van der Waals surface area contributed by atoms with Crippen LogP contribution in [0.3, 0.4) is 0 Å². The van der Waals surface area contributed by atoms with Crippen molar-refractivity contribution >= 4 is 15.9 Å². The number of nitrogens with zero attached hydrogens (tertiary/aromatic N) is 2. The molecule has 1 amide bonds. The normalized spacial score (nSPS) is 18.2.